The molecule has 0 aromatic heterocycles. The molecule has 4 heteroatoms. The second-order valence-electron chi connectivity index (χ2n) is 5.94. The first-order chi connectivity index (χ1) is 8.51. The van der Waals surface area contributed by atoms with Crippen molar-refractivity contribution in [2.45, 2.75) is 38.5 Å². The van der Waals surface area contributed by atoms with Gasteiger partial charge in [0.1, 0.15) is 0 Å². The van der Waals surface area contributed by atoms with Gasteiger partial charge in [0.15, 0.2) is 5.96 Å². The first-order valence-corrected chi connectivity index (χ1v) is 7.01. The fourth-order valence-corrected chi connectivity index (χ4v) is 2.95. The van der Waals surface area contributed by atoms with Crippen molar-refractivity contribution in [1.82, 2.24) is 9.80 Å². The second kappa shape index (κ2) is 6.98. The fraction of sp³-hybridized carbons (Fsp3) is 0.929. The molecule has 0 atom stereocenters. The monoisotopic (exact) mass is 255 g/mol. The van der Waals surface area contributed by atoms with Crippen LogP contribution < -0.4 is 0 Å². The number of aliphatic hydroxyl groups excluding tert-OH is 1. The number of nitrogens with zero attached hydrogens (tertiary/aromatic N) is 3. The Balaban J connectivity index is 2.73. The molecule has 0 saturated heterocycles. The van der Waals surface area contributed by atoms with E-state index in [1.165, 1.54) is 32.1 Å². The summed E-state index contributed by atoms with van der Waals surface area (Å²) in [6.45, 7) is 1.13. The van der Waals surface area contributed by atoms with Crippen molar-refractivity contribution in [3.63, 3.8) is 0 Å². The topological polar surface area (TPSA) is 39.1 Å². The number of guanidine groups is 1. The lowest BCUT2D eigenvalue weighted by Crippen LogP contribution is -2.37. The van der Waals surface area contributed by atoms with Crippen LogP contribution >= 0.6 is 0 Å². The highest BCUT2D eigenvalue weighted by molar-refractivity contribution is 5.79. The van der Waals surface area contributed by atoms with Gasteiger partial charge in [-0.05, 0) is 24.7 Å². The summed E-state index contributed by atoms with van der Waals surface area (Å²) in [6, 6.07) is 0. The fourth-order valence-electron chi connectivity index (χ4n) is 2.95. The highest BCUT2D eigenvalue weighted by atomic mass is 16.3. The van der Waals surface area contributed by atoms with Crippen molar-refractivity contribution in [3.05, 3.63) is 0 Å². The van der Waals surface area contributed by atoms with E-state index in [-0.39, 0.29) is 12.0 Å². The normalized spacial score (nSPS) is 18.3. The maximum Gasteiger partial charge on any atom is 0.195 e. The number of aliphatic imine (C=N–C) groups is 1. The minimum atomic E-state index is 0.240. The Labute approximate surface area is 112 Å². The maximum absolute atomic E-state index is 9.30. The van der Waals surface area contributed by atoms with E-state index >= 15 is 0 Å². The second-order valence-corrected chi connectivity index (χ2v) is 5.94. The molecule has 1 aliphatic carbocycles. The van der Waals surface area contributed by atoms with Crippen LogP contribution in [-0.2, 0) is 0 Å². The van der Waals surface area contributed by atoms with Gasteiger partial charge in [-0.1, -0.05) is 19.3 Å². The van der Waals surface area contributed by atoms with Crippen LogP contribution in [0, 0.1) is 5.41 Å². The molecule has 0 aromatic carbocycles. The zero-order chi connectivity index (χ0) is 13.6. The summed E-state index contributed by atoms with van der Waals surface area (Å²) >= 11 is 0. The van der Waals surface area contributed by atoms with E-state index in [0.29, 0.717) is 0 Å². The van der Waals surface area contributed by atoms with E-state index in [1.807, 2.05) is 28.2 Å². The third-order valence-corrected chi connectivity index (χ3v) is 3.91. The highest BCUT2D eigenvalue weighted by Gasteiger charge is 2.31. The molecule has 1 N–H and O–H groups in total. The molecule has 1 saturated carbocycles. The first-order valence-electron chi connectivity index (χ1n) is 7.01. The van der Waals surface area contributed by atoms with Gasteiger partial charge in [-0.25, -0.2) is 0 Å². The summed E-state index contributed by atoms with van der Waals surface area (Å²) in [6.07, 6.45) is 7.23. The summed E-state index contributed by atoms with van der Waals surface area (Å²) in [7, 11) is 8.10. The van der Waals surface area contributed by atoms with Crippen LogP contribution in [0.25, 0.3) is 0 Å². The SMILES string of the molecule is CN(C)C(=NCC1(CCO)CCCCC1)N(C)C. The Morgan fingerprint density at radius 2 is 1.61 bits per heavy atom. The van der Waals surface area contributed by atoms with Crippen molar-refractivity contribution < 1.29 is 5.11 Å². The quantitative estimate of drug-likeness (QED) is 0.615. The molecular weight excluding hydrogens is 226 g/mol. The predicted octanol–water partition coefficient (Wildman–Crippen LogP) is 1.80. The van der Waals surface area contributed by atoms with E-state index in [1.54, 1.807) is 0 Å². The lowest BCUT2D eigenvalue weighted by atomic mass is 9.72. The van der Waals surface area contributed by atoms with Gasteiger partial charge in [0, 0.05) is 41.3 Å². The molecule has 1 aliphatic rings. The molecule has 0 radical (unpaired) electrons. The van der Waals surface area contributed by atoms with E-state index in [4.69, 9.17) is 4.99 Å². The van der Waals surface area contributed by atoms with Crippen molar-refractivity contribution in [1.29, 1.82) is 0 Å². The zero-order valence-electron chi connectivity index (χ0n) is 12.4. The first kappa shape index (κ1) is 15.3. The minimum absolute atomic E-state index is 0.240. The molecule has 1 fully saturated rings. The number of rotatable bonds is 4. The van der Waals surface area contributed by atoms with E-state index in [0.717, 1.165) is 18.9 Å². The van der Waals surface area contributed by atoms with Gasteiger partial charge in [-0.3, -0.25) is 4.99 Å². The number of hydrogen-bond donors (Lipinski definition) is 1. The van der Waals surface area contributed by atoms with Crippen molar-refractivity contribution in [3.8, 4) is 0 Å². The van der Waals surface area contributed by atoms with Gasteiger partial charge in [0.2, 0.25) is 0 Å². The van der Waals surface area contributed by atoms with Crippen LogP contribution in [0.2, 0.25) is 0 Å². The van der Waals surface area contributed by atoms with Crippen LogP contribution in [0.1, 0.15) is 38.5 Å². The maximum atomic E-state index is 9.30. The standard InChI is InChI=1S/C14H29N3O/c1-16(2)13(17(3)4)15-12-14(10-11-18)8-6-5-7-9-14/h18H,5-12H2,1-4H3. The lowest BCUT2D eigenvalue weighted by molar-refractivity contribution is 0.137. The lowest BCUT2D eigenvalue weighted by Gasteiger charge is -2.36. The van der Waals surface area contributed by atoms with E-state index in [2.05, 4.69) is 9.80 Å². The Hall–Kier alpha value is -0.770. The van der Waals surface area contributed by atoms with Gasteiger partial charge in [0.05, 0.1) is 0 Å². The molecule has 18 heavy (non-hydrogen) atoms. The van der Waals surface area contributed by atoms with Crippen LogP contribution in [-0.4, -0.2) is 62.2 Å². The number of aliphatic hydroxyl groups is 1. The Kier molecular flexibility index (Phi) is 5.93. The van der Waals surface area contributed by atoms with Crippen molar-refractivity contribution >= 4 is 5.96 Å². The average molecular weight is 255 g/mol. The summed E-state index contributed by atoms with van der Waals surface area (Å²) in [4.78, 5) is 8.90. The highest BCUT2D eigenvalue weighted by Crippen LogP contribution is 2.39. The van der Waals surface area contributed by atoms with Crippen LogP contribution in [0.4, 0.5) is 0 Å². The third-order valence-electron chi connectivity index (χ3n) is 3.91. The average Bonchev–Trinajstić information content (AvgIpc) is 2.29. The molecule has 0 spiro atoms. The molecule has 0 unspecified atom stereocenters. The van der Waals surface area contributed by atoms with Crippen molar-refractivity contribution in [2.24, 2.45) is 10.4 Å². The Morgan fingerprint density at radius 1 is 1.06 bits per heavy atom. The van der Waals surface area contributed by atoms with Crippen LogP contribution in [0.15, 0.2) is 4.99 Å². The summed E-state index contributed by atoms with van der Waals surface area (Å²) in [5.74, 6) is 1.01. The molecular formula is C14H29N3O. The van der Waals surface area contributed by atoms with Gasteiger partial charge in [-0.2, -0.15) is 0 Å². The van der Waals surface area contributed by atoms with Gasteiger partial charge in [-0.15, -0.1) is 0 Å². The number of hydrogen-bond acceptors (Lipinski definition) is 2. The smallest absolute Gasteiger partial charge is 0.195 e. The van der Waals surface area contributed by atoms with Crippen molar-refractivity contribution in [2.75, 3.05) is 41.3 Å². The molecule has 106 valence electrons. The molecule has 0 aromatic rings. The summed E-state index contributed by atoms with van der Waals surface area (Å²) in [5, 5.41) is 9.30. The molecule has 4 nitrogen and oxygen atoms in total. The largest absolute Gasteiger partial charge is 0.396 e. The molecule has 0 bridgehead atoms. The Morgan fingerprint density at radius 3 is 2.06 bits per heavy atom. The molecule has 0 heterocycles. The summed E-state index contributed by atoms with van der Waals surface area (Å²) < 4.78 is 0. The van der Waals surface area contributed by atoms with Gasteiger partial charge < -0.3 is 14.9 Å². The van der Waals surface area contributed by atoms with E-state index < -0.39 is 0 Å². The summed E-state index contributed by atoms with van der Waals surface area (Å²) in [5.41, 5.74) is 0.240. The predicted molar refractivity (Wildman–Crippen MR) is 76.9 cm³/mol. The van der Waals surface area contributed by atoms with Crippen LogP contribution in [0.3, 0.4) is 0 Å². The zero-order valence-corrected chi connectivity index (χ0v) is 12.4. The third kappa shape index (κ3) is 4.16. The van der Waals surface area contributed by atoms with Gasteiger partial charge in [0.25, 0.3) is 0 Å². The van der Waals surface area contributed by atoms with Crippen LogP contribution in [0.5, 0.6) is 0 Å². The van der Waals surface area contributed by atoms with Gasteiger partial charge >= 0.3 is 0 Å². The van der Waals surface area contributed by atoms with E-state index in [9.17, 15) is 5.11 Å². The molecule has 1 rings (SSSR count). The minimum Gasteiger partial charge on any atom is -0.396 e. The Bertz CT molecular complexity index is 253. The molecule has 0 aliphatic heterocycles. The molecule has 0 amide bonds.